The van der Waals surface area contributed by atoms with E-state index in [0.29, 0.717) is 15.7 Å². The first-order valence-electron chi connectivity index (χ1n) is 12.7. The van der Waals surface area contributed by atoms with Gasteiger partial charge in [0, 0.05) is 33.0 Å². The Labute approximate surface area is 240 Å². The van der Waals surface area contributed by atoms with E-state index in [1.165, 1.54) is 4.90 Å². The molecule has 0 N–H and O–H groups in total. The van der Waals surface area contributed by atoms with Crippen molar-refractivity contribution in [2.45, 2.75) is 0 Å². The Morgan fingerprint density at radius 1 is 0.950 bits per heavy atom. The first-order chi connectivity index (χ1) is 19.5. The second kappa shape index (κ2) is 10.5. The summed E-state index contributed by atoms with van der Waals surface area (Å²) in [4.78, 5) is 31.1. The average molecular weight is 588 g/mol. The molecule has 6 nitrogen and oxygen atoms in total. The lowest BCUT2D eigenvalue weighted by molar-refractivity contribution is -0.122. The van der Waals surface area contributed by atoms with Crippen LogP contribution in [0.1, 0.15) is 15.9 Å². The second-order valence-corrected chi connectivity index (χ2v) is 10.3. The van der Waals surface area contributed by atoms with Gasteiger partial charge >= 0.3 is 6.02 Å². The van der Waals surface area contributed by atoms with Crippen molar-refractivity contribution in [3.63, 3.8) is 0 Å². The van der Waals surface area contributed by atoms with Crippen LogP contribution in [0.3, 0.4) is 0 Å². The van der Waals surface area contributed by atoms with Gasteiger partial charge in [0.05, 0.1) is 16.7 Å². The van der Waals surface area contributed by atoms with Crippen molar-refractivity contribution in [1.29, 1.82) is 0 Å². The zero-order valence-electron chi connectivity index (χ0n) is 21.7. The average Bonchev–Trinajstić information content (AvgIpc) is 3.44. The lowest BCUT2D eigenvalue weighted by atomic mass is 9.94. The Bertz CT molecular complexity index is 1890. The molecule has 1 saturated heterocycles. The number of hydrogen-bond donors (Lipinski definition) is 0. The third kappa shape index (κ3) is 4.46. The van der Waals surface area contributed by atoms with E-state index in [9.17, 15) is 9.59 Å². The number of amides is 1. The van der Waals surface area contributed by atoms with E-state index in [4.69, 9.17) is 4.74 Å². The number of fused-ring (bicyclic) bond motifs is 3. The Kier molecular flexibility index (Phi) is 6.70. The summed E-state index contributed by atoms with van der Waals surface area (Å²) in [5.41, 5.74) is 5.76. The summed E-state index contributed by atoms with van der Waals surface area (Å²) in [5, 5.41) is 2.18. The normalized spacial score (nSPS) is 15.3. The van der Waals surface area contributed by atoms with Gasteiger partial charge in [0.1, 0.15) is 7.85 Å². The molecule has 194 valence electrons. The number of carbonyl (C=O) groups is 2. The van der Waals surface area contributed by atoms with Gasteiger partial charge in [0.25, 0.3) is 5.91 Å². The fraction of sp³-hybridized carbons (Fsp3) is 0.0312. The maximum atomic E-state index is 13.4. The quantitative estimate of drug-likeness (QED) is 0.111. The number of rotatable bonds is 6. The first-order valence-corrected chi connectivity index (χ1v) is 13.5. The Hall–Kier alpha value is -4.69. The molecule has 1 fully saturated rings. The smallest absolute Gasteiger partial charge is 0.305 e. The molecule has 1 aliphatic heterocycles. The summed E-state index contributed by atoms with van der Waals surface area (Å²) < 4.78 is 8.87. The highest BCUT2D eigenvalue weighted by Gasteiger charge is 2.34. The molecule has 5 aromatic rings. The number of aliphatic imine (C=N–C) groups is 1. The number of aldehydes is 1. The van der Waals surface area contributed by atoms with Crippen LogP contribution in [0.4, 0.5) is 5.69 Å². The number of carbonyl (C=O) groups excluding carboxylic acids is 2. The molecule has 40 heavy (non-hydrogen) atoms. The topological polar surface area (TPSA) is 63.9 Å². The van der Waals surface area contributed by atoms with E-state index in [0.717, 1.165) is 44.8 Å². The molecule has 1 amide bonds. The lowest BCUT2D eigenvalue weighted by Crippen LogP contribution is -2.29. The molecule has 1 aliphatic rings. The fourth-order valence-corrected chi connectivity index (χ4v) is 5.71. The third-order valence-electron chi connectivity index (χ3n) is 6.78. The van der Waals surface area contributed by atoms with Gasteiger partial charge in [0.15, 0.2) is 12.0 Å². The van der Waals surface area contributed by atoms with Gasteiger partial charge in [-0.15, -0.1) is 6.58 Å². The molecule has 0 bridgehead atoms. The maximum absolute atomic E-state index is 13.4. The van der Waals surface area contributed by atoms with Gasteiger partial charge in [-0.3, -0.25) is 14.5 Å². The molecule has 8 heteroatoms. The van der Waals surface area contributed by atoms with Gasteiger partial charge in [-0.05, 0) is 57.9 Å². The summed E-state index contributed by atoms with van der Waals surface area (Å²) in [6.07, 6.45) is 4.07. The standard InChI is InChI=1S/C32H23BBrN3O3/c1-2-14-36-31(39)29(40-32(36)35-30-21(19-38)17-22(33)18-26(30)34)16-20-12-13-28-25(15-20)24-10-6-7-11-27(24)37(28)23-8-4-3-5-9-23/h2-13,15-19H,1,14,33H2/b29-16+,35-32-. The van der Waals surface area contributed by atoms with Crippen LogP contribution in [-0.4, -0.2) is 42.1 Å². The van der Waals surface area contributed by atoms with Gasteiger partial charge < -0.3 is 9.30 Å². The van der Waals surface area contributed by atoms with Crippen molar-refractivity contribution in [2.24, 2.45) is 4.99 Å². The van der Waals surface area contributed by atoms with E-state index >= 15 is 0 Å². The summed E-state index contributed by atoms with van der Waals surface area (Å²) in [5.74, 6) is -0.191. The summed E-state index contributed by atoms with van der Waals surface area (Å²) in [6, 6.07) is 28.3. The van der Waals surface area contributed by atoms with Crippen LogP contribution in [0.5, 0.6) is 0 Å². The lowest BCUT2D eigenvalue weighted by Gasteiger charge is -2.11. The minimum Gasteiger partial charge on any atom is -0.419 e. The van der Waals surface area contributed by atoms with E-state index in [1.807, 2.05) is 50.3 Å². The number of benzene rings is 4. The molecule has 0 spiro atoms. The van der Waals surface area contributed by atoms with E-state index in [-0.39, 0.29) is 24.2 Å². The first kappa shape index (κ1) is 25.6. The van der Waals surface area contributed by atoms with E-state index < -0.39 is 0 Å². The number of para-hydroxylation sites is 2. The number of halogens is 1. The number of ether oxygens (including phenoxy) is 1. The van der Waals surface area contributed by atoms with Gasteiger partial charge in [-0.25, -0.2) is 0 Å². The van der Waals surface area contributed by atoms with Crippen molar-refractivity contribution in [1.82, 2.24) is 9.47 Å². The minimum absolute atomic E-state index is 0.0885. The van der Waals surface area contributed by atoms with Gasteiger partial charge in [-0.2, -0.15) is 4.99 Å². The molecule has 2 heterocycles. The molecular formula is C32H23BBrN3O3. The zero-order valence-corrected chi connectivity index (χ0v) is 23.3. The SMILES string of the molecule is Bc1cc(Br)c(/N=C2\O/C(=C/c3ccc4c(c3)c3ccccc3n4-c3ccccc3)C(=O)N2CC=C)c(C=O)c1. The molecule has 6 rings (SSSR count). The third-order valence-corrected chi connectivity index (χ3v) is 7.38. The Morgan fingerprint density at radius 3 is 2.48 bits per heavy atom. The van der Waals surface area contributed by atoms with E-state index in [1.54, 1.807) is 18.2 Å². The molecule has 0 unspecified atom stereocenters. The highest BCUT2D eigenvalue weighted by atomic mass is 79.9. The number of nitrogens with zero attached hydrogens (tertiary/aromatic N) is 3. The predicted octanol–water partition coefficient (Wildman–Crippen LogP) is 5.69. The fourth-order valence-electron chi connectivity index (χ4n) is 5.03. The van der Waals surface area contributed by atoms with Crippen LogP contribution in [0, 0.1) is 0 Å². The Morgan fingerprint density at radius 2 is 1.70 bits per heavy atom. The second-order valence-electron chi connectivity index (χ2n) is 9.48. The van der Waals surface area contributed by atoms with Crippen molar-refractivity contribution in [3.8, 4) is 5.69 Å². The Balaban J connectivity index is 1.45. The molecule has 4 aromatic carbocycles. The molecule has 0 radical (unpaired) electrons. The van der Waals surface area contributed by atoms with Gasteiger partial charge in [0.2, 0.25) is 0 Å². The number of hydrogen-bond acceptors (Lipinski definition) is 4. The zero-order chi connectivity index (χ0) is 27.8. The molecule has 0 atom stereocenters. The summed E-state index contributed by atoms with van der Waals surface area (Å²) in [6.45, 7) is 3.98. The molecule has 0 saturated carbocycles. The van der Waals surface area contributed by atoms with Crippen LogP contribution < -0.4 is 5.46 Å². The molecule has 1 aromatic heterocycles. The van der Waals surface area contributed by atoms with Crippen LogP contribution in [0.2, 0.25) is 0 Å². The summed E-state index contributed by atoms with van der Waals surface area (Å²) in [7, 11) is 1.89. The van der Waals surface area contributed by atoms with Crippen molar-refractivity contribution < 1.29 is 14.3 Å². The molecule has 0 aliphatic carbocycles. The monoisotopic (exact) mass is 587 g/mol. The molecular weight excluding hydrogens is 565 g/mol. The predicted molar refractivity (Wildman–Crippen MR) is 167 cm³/mol. The van der Waals surface area contributed by atoms with Crippen LogP contribution in [0.15, 0.2) is 113 Å². The van der Waals surface area contributed by atoms with Crippen molar-refractivity contribution in [2.75, 3.05) is 6.54 Å². The minimum atomic E-state index is -0.332. The highest BCUT2D eigenvalue weighted by Crippen LogP contribution is 2.34. The van der Waals surface area contributed by atoms with Crippen LogP contribution in [-0.2, 0) is 9.53 Å². The summed E-state index contributed by atoms with van der Waals surface area (Å²) >= 11 is 3.49. The highest BCUT2D eigenvalue weighted by molar-refractivity contribution is 9.10. The largest absolute Gasteiger partial charge is 0.419 e. The number of amidine groups is 1. The van der Waals surface area contributed by atoms with E-state index in [2.05, 4.69) is 68.5 Å². The van der Waals surface area contributed by atoms with Crippen molar-refractivity contribution >= 4 is 81.0 Å². The van der Waals surface area contributed by atoms with Crippen LogP contribution in [0.25, 0.3) is 33.6 Å². The maximum Gasteiger partial charge on any atom is 0.305 e. The van der Waals surface area contributed by atoms with Gasteiger partial charge in [-0.1, -0.05) is 66.1 Å². The van der Waals surface area contributed by atoms with Crippen LogP contribution >= 0.6 is 15.9 Å². The van der Waals surface area contributed by atoms with Crippen molar-refractivity contribution in [3.05, 3.63) is 119 Å². The number of aromatic nitrogens is 1.